The topological polar surface area (TPSA) is 46.2 Å². The number of hydrogen-bond acceptors (Lipinski definition) is 2. The SMILES string of the molecule is CCC(C)CC(=O)NC(C)C(C)=O. The zero-order chi connectivity index (χ0) is 10.4. The number of carbonyl (C=O) groups is 2. The highest BCUT2D eigenvalue weighted by atomic mass is 16.2. The third-order valence-electron chi connectivity index (χ3n) is 2.22. The van der Waals surface area contributed by atoms with E-state index in [1.165, 1.54) is 6.92 Å². The summed E-state index contributed by atoms with van der Waals surface area (Å²) in [6.45, 7) is 7.26. The lowest BCUT2D eigenvalue weighted by atomic mass is 10.0. The van der Waals surface area contributed by atoms with Gasteiger partial charge in [-0.1, -0.05) is 20.3 Å². The summed E-state index contributed by atoms with van der Waals surface area (Å²) in [7, 11) is 0. The van der Waals surface area contributed by atoms with Gasteiger partial charge in [-0.15, -0.1) is 0 Å². The minimum Gasteiger partial charge on any atom is -0.347 e. The van der Waals surface area contributed by atoms with Crippen LogP contribution in [0.15, 0.2) is 0 Å². The van der Waals surface area contributed by atoms with Gasteiger partial charge in [-0.3, -0.25) is 9.59 Å². The second kappa shape index (κ2) is 5.73. The summed E-state index contributed by atoms with van der Waals surface area (Å²) < 4.78 is 0. The summed E-state index contributed by atoms with van der Waals surface area (Å²) in [6.07, 6.45) is 1.50. The fourth-order valence-corrected chi connectivity index (χ4v) is 0.863. The Bertz CT molecular complexity index is 189. The third kappa shape index (κ3) is 5.39. The van der Waals surface area contributed by atoms with Gasteiger partial charge >= 0.3 is 0 Å². The van der Waals surface area contributed by atoms with E-state index in [-0.39, 0.29) is 17.7 Å². The van der Waals surface area contributed by atoms with Crippen molar-refractivity contribution in [2.45, 2.75) is 46.6 Å². The average molecular weight is 185 g/mol. The van der Waals surface area contributed by atoms with Crippen LogP contribution in [0.1, 0.15) is 40.5 Å². The lowest BCUT2D eigenvalue weighted by Crippen LogP contribution is -2.37. The van der Waals surface area contributed by atoms with Crippen molar-refractivity contribution < 1.29 is 9.59 Å². The maximum absolute atomic E-state index is 11.3. The Morgan fingerprint density at radius 3 is 2.23 bits per heavy atom. The molecule has 0 aromatic carbocycles. The van der Waals surface area contributed by atoms with Crippen LogP contribution in [0.2, 0.25) is 0 Å². The summed E-state index contributed by atoms with van der Waals surface area (Å²) in [5.41, 5.74) is 0. The average Bonchev–Trinajstić information content (AvgIpc) is 2.03. The molecule has 0 heterocycles. The van der Waals surface area contributed by atoms with Crippen LogP contribution in [0.4, 0.5) is 0 Å². The molecule has 0 rings (SSSR count). The zero-order valence-corrected chi connectivity index (χ0v) is 8.89. The van der Waals surface area contributed by atoms with Gasteiger partial charge in [0.15, 0.2) is 5.78 Å². The van der Waals surface area contributed by atoms with Crippen molar-refractivity contribution in [1.29, 1.82) is 0 Å². The van der Waals surface area contributed by atoms with Gasteiger partial charge in [0.1, 0.15) is 0 Å². The number of ketones is 1. The van der Waals surface area contributed by atoms with Crippen LogP contribution in [-0.2, 0) is 9.59 Å². The Morgan fingerprint density at radius 2 is 1.85 bits per heavy atom. The molecular weight excluding hydrogens is 166 g/mol. The largest absolute Gasteiger partial charge is 0.347 e. The van der Waals surface area contributed by atoms with Crippen molar-refractivity contribution in [3.8, 4) is 0 Å². The lowest BCUT2D eigenvalue weighted by Gasteiger charge is -2.12. The van der Waals surface area contributed by atoms with Gasteiger partial charge in [0.05, 0.1) is 6.04 Å². The third-order valence-corrected chi connectivity index (χ3v) is 2.22. The number of nitrogens with one attached hydrogen (secondary N) is 1. The molecule has 1 N–H and O–H groups in total. The number of rotatable bonds is 5. The molecule has 2 atom stereocenters. The number of Topliss-reactive ketones (excluding diaryl/α,β-unsaturated/α-hetero) is 1. The fourth-order valence-electron chi connectivity index (χ4n) is 0.863. The van der Waals surface area contributed by atoms with Gasteiger partial charge in [0, 0.05) is 6.42 Å². The monoisotopic (exact) mass is 185 g/mol. The van der Waals surface area contributed by atoms with Crippen molar-refractivity contribution in [3.05, 3.63) is 0 Å². The molecule has 0 radical (unpaired) electrons. The molecule has 0 saturated heterocycles. The van der Waals surface area contributed by atoms with Crippen LogP contribution in [0.3, 0.4) is 0 Å². The first-order valence-corrected chi connectivity index (χ1v) is 4.77. The first-order valence-electron chi connectivity index (χ1n) is 4.77. The molecular formula is C10H19NO2. The molecule has 3 heteroatoms. The Morgan fingerprint density at radius 1 is 1.31 bits per heavy atom. The predicted molar refractivity (Wildman–Crippen MR) is 52.4 cm³/mol. The van der Waals surface area contributed by atoms with Crippen molar-refractivity contribution in [2.24, 2.45) is 5.92 Å². The van der Waals surface area contributed by atoms with Gasteiger partial charge in [-0.25, -0.2) is 0 Å². The first kappa shape index (κ1) is 12.1. The van der Waals surface area contributed by atoms with Crippen molar-refractivity contribution in [2.75, 3.05) is 0 Å². The molecule has 76 valence electrons. The highest BCUT2D eigenvalue weighted by Gasteiger charge is 2.12. The van der Waals surface area contributed by atoms with Crippen LogP contribution in [0.25, 0.3) is 0 Å². The number of amides is 1. The molecule has 1 amide bonds. The summed E-state index contributed by atoms with van der Waals surface area (Å²) in [6, 6.07) is -0.350. The summed E-state index contributed by atoms with van der Waals surface area (Å²) in [5, 5.41) is 2.66. The molecule has 0 aliphatic heterocycles. The Labute approximate surface area is 79.9 Å². The van der Waals surface area contributed by atoms with E-state index in [1.807, 2.05) is 13.8 Å². The second-order valence-corrected chi connectivity index (χ2v) is 3.62. The van der Waals surface area contributed by atoms with Gasteiger partial charge in [-0.05, 0) is 19.8 Å². The van der Waals surface area contributed by atoms with Gasteiger partial charge in [0.25, 0.3) is 0 Å². The van der Waals surface area contributed by atoms with E-state index in [4.69, 9.17) is 0 Å². The van der Waals surface area contributed by atoms with Crippen LogP contribution < -0.4 is 5.32 Å². The van der Waals surface area contributed by atoms with Crippen LogP contribution in [-0.4, -0.2) is 17.7 Å². The maximum atomic E-state index is 11.3. The summed E-state index contributed by atoms with van der Waals surface area (Å²) in [4.78, 5) is 22.1. The molecule has 0 bridgehead atoms. The quantitative estimate of drug-likeness (QED) is 0.705. The summed E-state index contributed by atoms with van der Waals surface area (Å²) in [5.74, 6) is 0.355. The van der Waals surface area contributed by atoms with E-state index in [2.05, 4.69) is 5.32 Å². The maximum Gasteiger partial charge on any atom is 0.220 e. The van der Waals surface area contributed by atoms with Crippen molar-refractivity contribution in [1.82, 2.24) is 5.32 Å². The molecule has 3 nitrogen and oxygen atoms in total. The lowest BCUT2D eigenvalue weighted by molar-refractivity contribution is -0.127. The number of carbonyl (C=O) groups excluding carboxylic acids is 2. The van der Waals surface area contributed by atoms with E-state index in [0.29, 0.717) is 12.3 Å². The highest BCUT2D eigenvalue weighted by molar-refractivity contribution is 5.87. The van der Waals surface area contributed by atoms with Crippen molar-refractivity contribution >= 4 is 11.7 Å². The highest BCUT2D eigenvalue weighted by Crippen LogP contribution is 2.05. The molecule has 13 heavy (non-hydrogen) atoms. The molecule has 2 unspecified atom stereocenters. The Kier molecular flexibility index (Phi) is 5.35. The molecule has 0 spiro atoms. The summed E-state index contributed by atoms with van der Waals surface area (Å²) >= 11 is 0. The van der Waals surface area contributed by atoms with Gasteiger partial charge < -0.3 is 5.32 Å². The Hall–Kier alpha value is -0.860. The fraction of sp³-hybridized carbons (Fsp3) is 0.800. The predicted octanol–water partition coefficient (Wildman–Crippen LogP) is 1.52. The van der Waals surface area contributed by atoms with E-state index in [0.717, 1.165) is 6.42 Å². The minimum absolute atomic E-state index is 0.00231. The molecule has 0 aromatic heterocycles. The van der Waals surface area contributed by atoms with E-state index < -0.39 is 0 Å². The molecule has 0 fully saturated rings. The van der Waals surface area contributed by atoms with Gasteiger partial charge in [0.2, 0.25) is 5.91 Å². The van der Waals surface area contributed by atoms with E-state index in [9.17, 15) is 9.59 Å². The van der Waals surface area contributed by atoms with Crippen molar-refractivity contribution in [3.63, 3.8) is 0 Å². The minimum atomic E-state index is -0.350. The molecule has 0 aliphatic rings. The standard InChI is InChI=1S/C10H19NO2/c1-5-7(2)6-10(13)11-8(3)9(4)12/h7-8H,5-6H2,1-4H3,(H,11,13). The zero-order valence-electron chi connectivity index (χ0n) is 8.89. The smallest absolute Gasteiger partial charge is 0.220 e. The first-order chi connectivity index (χ1) is 5.97. The molecule has 0 aromatic rings. The second-order valence-electron chi connectivity index (χ2n) is 3.62. The normalized spacial score (nSPS) is 14.8. The molecule has 0 saturated carbocycles. The van der Waals surface area contributed by atoms with Gasteiger partial charge in [-0.2, -0.15) is 0 Å². The van der Waals surface area contributed by atoms with E-state index >= 15 is 0 Å². The number of hydrogen-bond donors (Lipinski definition) is 1. The van der Waals surface area contributed by atoms with Crippen LogP contribution in [0, 0.1) is 5.92 Å². The molecule has 0 aliphatic carbocycles. The van der Waals surface area contributed by atoms with Crippen LogP contribution >= 0.6 is 0 Å². The van der Waals surface area contributed by atoms with Crippen LogP contribution in [0.5, 0.6) is 0 Å². The van der Waals surface area contributed by atoms with E-state index in [1.54, 1.807) is 6.92 Å². The Balaban J connectivity index is 3.81.